The fourth-order valence-corrected chi connectivity index (χ4v) is 2.82. The van der Waals surface area contributed by atoms with Crippen LogP contribution in [0.5, 0.6) is 0 Å². The standard InChI is InChI=1S/C21H36O.H2O/c1-2-3-4-5-6-7-8-9-10-14-19-22-20-15-18-21-16-12-11-13-17-21;/h11-13,16-17H,2-10,14-15,18-20H2,1H3;1H2. The van der Waals surface area contributed by atoms with E-state index in [9.17, 15) is 0 Å². The Morgan fingerprint density at radius 3 is 1.78 bits per heavy atom. The summed E-state index contributed by atoms with van der Waals surface area (Å²) in [6, 6.07) is 10.7. The summed E-state index contributed by atoms with van der Waals surface area (Å²) >= 11 is 0. The molecule has 2 nitrogen and oxygen atoms in total. The van der Waals surface area contributed by atoms with Crippen molar-refractivity contribution in [1.82, 2.24) is 0 Å². The maximum absolute atomic E-state index is 5.73. The molecule has 0 aliphatic heterocycles. The second-order valence-corrected chi connectivity index (χ2v) is 6.38. The number of hydrogen-bond acceptors (Lipinski definition) is 1. The molecule has 1 rings (SSSR count). The molecular weight excluding hydrogens is 284 g/mol. The third-order valence-corrected chi connectivity index (χ3v) is 4.24. The molecule has 134 valence electrons. The molecule has 0 amide bonds. The Morgan fingerprint density at radius 2 is 1.17 bits per heavy atom. The van der Waals surface area contributed by atoms with Crippen molar-refractivity contribution in [2.45, 2.75) is 84.0 Å². The van der Waals surface area contributed by atoms with Crippen molar-refractivity contribution in [1.29, 1.82) is 0 Å². The molecule has 0 aliphatic carbocycles. The van der Waals surface area contributed by atoms with Crippen LogP contribution >= 0.6 is 0 Å². The predicted octanol–water partition coefficient (Wildman–Crippen LogP) is 5.73. The molecule has 2 N–H and O–H groups in total. The molecule has 0 heterocycles. The molecule has 1 aromatic carbocycles. The maximum atomic E-state index is 5.73. The van der Waals surface area contributed by atoms with Gasteiger partial charge in [-0.25, -0.2) is 0 Å². The smallest absolute Gasteiger partial charge is 0.0469 e. The van der Waals surface area contributed by atoms with Gasteiger partial charge in [-0.3, -0.25) is 0 Å². The molecule has 23 heavy (non-hydrogen) atoms. The van der Waals surface area contributed by atoms with E-state index in [1.807, 2.05) is 0 Å². The second kappa shape index (κ2) is 17.5. The minimum absolute atomic E-state index is 0. The van der Waals surface area contributed by atoms with E-state index in [1.54, 1.807) is 0 Å². The monoisotopic (exact) mass is 322 g/mol. The molecule has 0 fully saturated rings. The Labute approximate surface area is 143 Å². The Hall–Kier alpha value is -0.860. The van der Waals surface area contributed by atoms with E-state index in [1.165, 1.54) is 69.8 Å². The molecule has 1 aromatic rings. The predicted molar refractivity (Wildman–Crippen MR) is 101 cm³/mol. The van der Waals surface area contributed by atoms with E-state index >= 15 is 0 Å². The van der Waals surface area contributed by atoms with E-state index in [2.05, 4.69) is 37.3 Å². The Balaban J connectivity index is 0.00000484. The highest BCUT2D eigenvalue weighted by molar-refractivity contribution is 5.14. The topological polar surface area (TPSA) is 40.7 Å². The molecule has 0 spiro atoms. The summed E-state index contributed by atoms with van der Waals surface area (Å²) in [4.78, 5) is 0. The molecule has 2 heteroatoms. The highest BCUT2D eigenvalue weighted by Crippen LogP contribution is 2.10. The molecule has 0 saturated heterocycles. The van der Waals surface area contributed by atoms with Gasteiger partial charge in [-0.2, -0.15) is 0 Å². The quantitative estimate of drug-likeness (QED) is 0.380. The molecule has 0 atom stereocenters. The zero-order valence-corrected chi connectivity index (χ0v) is 15.2. The van der Waals surface area contributed by atoms with Gasteiger partial charge < -0.3 is 10.2 Å². The molecule has 0 unspecified atom stereocenters. The summed E-state index contributed by atoms with van der Waals surface area (Å²) in [5, 5.41) is 0. The van der Waals surface area contributed by atoms with Gasteiger partial charge >= 0.3 is 0 Å². The van der Waals surface area contributed by atoms with E-state index in [4.69, 9.17) is 4.74 Å². The molecule has 0 saturated carbocycles. The average Bonchev–Trinajstić information content (AvgIpc) is 2.56. The molecule has 0 aromatic heterocycles. The van der Waals surface area contributed by atoms with Gasteiger partial charge in [0, 0.05) is 13.2 Å². The molecule has 0 radical (unpaired) electrons. The van der Waals surface area contributed by atoms with Crippen molar-refractivity contribution >= 4 is 0 Å². The lowest BCUT2D eigenvalue weighted by atomic mass is 10.1. The van der Waals surface area contributed by atoms with E-state index in [0.717, 1.165) is 26.1 Å². The minimum atomic E-state index is 0. The van der Waals surface area contributed by atoms with Crippen molar-refractivity contribution in [2.24, 2.45) is 0 Å². The van der Waals surface area contributed by atoms with Crippen LogP contribution in [0, 0.1) is 0 Å². The highest BCUT2D eigenvalue weighted by atomic mass is 16.5. The molecular formula is C21H38O2. The van der Waals surface area contributed by atoms with E-state index < -0.39 is 0 Å². The lowest BCUT2D eigenvalue weighted by Gasteiger charge is -2.05. The third-order valence-electron chi connectivity index (χ3n) is 4.24. The van der Waals surface area contributed by atoms with Gasteiger partial charge in [-0.15, -0.1) is 0 Å². The summed E-state index contributed by atoms with van der Waals surface area (Å²) in [7, 11) is 0. The van der Waals surface area contributed by atoms with Crippen molar-refractivity contribution in [2.75, 3.05) is 13.2 Å². The van der Waals surface area contributed by atoms with Crippen LogP contribution in [0.2, 0.25) is 0 Å². The minimum Gasteiger partial charge on any atom is -0.412 e. The highest BCUT2D eigenvalue weighted by Gasteiger charge is 1.95. The van der Waals surface area contributed by atoms with Crippen LogP contribution in [0.4, 0.5) is 0 Å². The van der Waals surface area contributed by atoms with Gasteiger partial charge in [0.1, 0.15) is 0 Å². The van der Waals surface area contributed by atoms with Crippen LogP contribution in [0.15, 0.2) is 30.3 Å². The van der Waals surface area contributed by atoms with Crippen LogP contribution in [-0.4, -0.2) is 18.7 Å². The Kier molecular flexibility index (Phi) is 16.8. The van der Waals surface area contributed by atoms with Gasteiger partial charge in [0.15, 0.2) is 0 Å². The van der Waals surface area contributed by atoms with Crippen LogP contribution < -0.4 is 0 Å². The number of unbranched alkanes of at least 4 members (excludes halogenated alkanes) is 9. The van der Waals surface area contributed by atoms with Gasteiger partial charge in [0.25, 0.3) is 0 Å². The SMILES string of the molecule is CCCCCCCCCCCCOCCCc1ccccc1.O. The van der Waals surface area contributed by atoms with Crippen LogP contribution in [0.25, 0.3) is 0 Å². The summed E-state index contributed by atoms with van der Waals surface area (Å²) in [6.45, 7) is 4.14. The first-order valence-corrected chi connectivity index (χ1v) is 9.55. The summed E-state index contributed by atoms with van der Waals surface area (Å²) in [6.07, 6.45) is 16.2. The third kappa shape index (κ3) is 14.5. The zero-order valence-electron chi connectivity index (χ0n) is 15.2. The average molecular weight is 323 g/mol. The van der Waals surface area contributed by atoms with Crippen LogP contribution in [0.1, 0.15) is 83.1 Å². The number of rotatable bonds is 15. The number of ether oxygens (including phenoxy) is 1. The maximum Gasteiger partial charge on any atom is 0.0469 e. The van der Waals surface area contributed by atoms with Crippen LogP contribution in [0.3, 0.4) is 0 Å². The normalized spacial score (nSPS) is 10.5. The van der Waals surface area contributed by atoms with Crippen molar-refractivity contribution in [3.63, 3.8) is 0 Å². The van der Waals surface area contributed by atoms with Gasteiger partial charge in [-0.05, 0) is 24.8 Å². The number of hydrogen-bond donors (Lipinski definition) is 0. The van der Waals surface area contributed by atoms with Gasteiger partial charge in [-0.1, -0.05) is 95.0 Å². The van der Waals surface area contributed by atoms with Crippen molar-refractivity contribution in [3.05, 3.63) is 35.9 Å². The summed E-state index contributed by atoms with van der Waals surface area (Å²) in [5.41, 5.74) is 1.42. The van der Waals surface area contributed by atoms with E-state index in [-0.39, 0.29) is 5.48 Å². The lowest BCUT2D eigenvalue weighted by Crippen LogP contribution is -1.98. The lowest BCUT2D eigenvalue weighted by molar-refractivity contribution is 0.127. The first-order chi connectivity index (χ1) is 10.9. The van der Waals surface area contributed by atoms with Gasteiger partial charge in [0.05, 0.1) is 0 Å². The number of benzene rings is 1. The summed E-state index contributed by atoms with van der Waals surface area (Å²) < 4.78 is 5.73. The largest absolute Gasteiger partial charge is 0.412 e. The molecule has 0 aliphatic rings. The number of aryl methyl sites for hydroxylation is 1. The first-order valence-electron chi connectivity index (χ1n) is 9.55. The summed E-state index contributed by atoms with van der Waals surface area (Å²) in [5.74, 6) is 0. The van der Waals surface area contributed by atoms with Crippen molar-refractivity contribution in [3.8, 4) is 0 Å². The molecule has 0 bridgehead atoms. The Morgan fingerprint density at radius 1 is 0.652 bits per heavy atom. The second-order valence-electron chi connectivity index (χ2n) is 6.38. The zero-order chi connectivity index (χ0) is 15.7. The first kappa shape index (κ1) is 22.1. The van der Waals surface area contributed by atoms with Gasteiger partial charge in [0.2, 0.25) is 0 Å². The van der Waals surface area contributed by atoms with Crippen molar-refractivity contribution < 1.29 is 10.2 Å². The Bertz CT molecular complexity index is 324. The van der Waals surface area contributed by atoms with Crippen LogP contribution in [-0.2, 0) is 11.2 Å². The van der Waals surface area contributed by atoms with E-state index in [0.29, 0.717) is 0 Å². The fraction of sp³-hybridized carbons (Fsp3) is 0.714. The fourth-order valence-electron chi connectivity index (χ4n) is 2.82.